The Labute approximate surface area is 88.7 Å². The van der Waals surface area contributed by atoms with Crippen LogP contribution in [-0.2, 0) is 0 Å². The molecule has 14 heavy (non-hydrogen) atoms. The molecular formula is C13H25N. The van der Waals surface area contributed by atoms with E-state index < -0.39 is 0 Å². The van der Waals surface area contributed by atoms with Crippen LogP contribution in [0.3, 0.4) is 0 Å². The van der Waals surface area contributed by atoms with Gasteiger partial charge in [0.1, 0.15) is 0 Å². The minimum atomic E-state index is 0.901. The quantitative estimate of drug-likeness (QED) is 0.618. The lowest BCUT2D eigenvalue weighted by Crippen LogP contribution is -1.96. The Hall–Kier alpha value is -0.0400. The summed E-state index contributed by atoms with van der Waals surface area (Å²) in [6.07, 6.45) is 10.1. The topological polar surface area (TPSA) is 21.9 Å². The highest BCUT2D eigenvalue weighted by molar-refractivity contribution is 5.02. The van der Waals surface area contributed by atoms with Gasteiger partial charge in [0.15, 0.2) is 0 Å². The second-order valence-electron chi connectivity index (χ2n) is 5.30. The molecule has 1 heteroatoms. The van der Waals surface area contributed by atoms with Crippen LogP contribution in [0.5, 0.6) is 0 Å². The molecule has 2 fully saturated rings. The van der Waals surface area contributed by atoms with Crippen LogP contribution in [0.25, 0.3) is 0 Å². The summed E-state index contributed by atoms with van der Waals surface area (Å²) in [4.78, 5) is 0. The van der Waals surface area contributed by atoms with Gasteiger partial charge in [0, 0.05) is 12.1 Å². The van der Waals surface area contributed by atoms with Crippen LogP contribution in [0.1, 0.15) is 58.8 Å². The number of nitrogens with one attached hydrogen (secondary N) is 1. The fraction of sp³-hybridized carbons (Fsp3) is 1.00. The second kappa shape index (κ2) is 4.65. The van der Waals surface area contributed by atoms with Crippen LogP contribution >= 0.6 is 0 Å². The molecule has 0 bridgehead atoms. The number of rotatable bonds is 7. The first-order chi connectivity index (χ1) is 6.85. The fourth-order valence-electron chi connectivity index (χ4n) is 2.81. The minimum absolute atomic E-state index is 0.901. The molecule has 0 aromatic heterocycles. The molecule has 0 amide bonds. The van der Waals surface area contributed by atoms with Gasteiger partial charge in [0.05, 0.1) is 0 Å². The van der Waals surface area contributed by atoms with Crippen molar-refractivity contribution in [3.05, 3.63) is 0 Å². The average molecular weight is 195 g/mol. The Morgan fingerprint density at radius 3 is 2.57 bits per heavy atom. The third-order valence-corrected chi connectivity index (χ3v) is 3.96. The Bertz CT molecular complexity index is 178. The maximum absolute atomic E-state index is 3.64. The number of hydrogen-bond acceptors (Lipinski definition) is 1. The van der Waals surface area contributed by atoms with Gasteiger partial charge in [-0.15, -0.1) is 0 Å². The highest BCUT2D eigenvalue weighted by Gasteiger charge is 2.44. The average Bonchev–Trinajstić information content (AvgIpc) is 3.05. The molecule has 0 aromatic rings. The summed E-state index contributed by atoms with van der Waals surface area (Å²) >= 11 is 0. The van der Waals surface area contributed by atoms with Crippen molar-refractivity contribution >= 4 is 0 Å². The van der Waals surface area contributed by atoms with Crippen LogP contribution in [0.2, 0.25) is 0 Å². The van der Waals surface area contributed by atoms with E-state index in [1.807, 2.05) is 0 Å². The fourth-order valence-corrected chi connectivity index (χ4v) is 2.81. The maximum atomic E-state index is 3.64. The zero-order valence-electron chi connectivity index (χ0n) is 9.76. The summed E-state index contributed by atoms with van der Waals surface area (Å²) in [5, 5.41) is 3.64. The molecule has 1 nitrogen and oxygen atoms in total. The van der Waals surface area contributed by atoms with Gasteiger partial charge in [-0.05, 0) is 31.1 Å². The van der Waals surface area contributed by atoms with E-state index >= 15 is 0 Å². The van der Waals surface area contributed by atoms with Gasteiger partial charge in [0.25, 0.3) is 0 Å². The first kappa shape index (κ1) is 10.5. The van der Waals surface area contributed by atoms with Crippen molar-refractivity contribution in [3.63, 3.8) is 0 Å². The van der Waals surface area contributed by atoms with Gasteiger partial charge in [-0.3, -0.25) is 0 Å². The van der Waals surface area contributed by atoms with Crippen molar-refractivity contribution in [2.75, 3.05) is 0 Å². The third kappa shape index (κ3) is 2.73. The predicted octanol–water partition coefficient (Wildman–Crippen LogP) is 3.34. The molecule has 1 saturated carbocycles. The van der Waals surface area contributed by atoms with Crippen molar-refractivity contribution in [2.45, 2.75) is 70.9 Å². The lowest BCUT2D eigenvalue weighted by Gasteiger charge is -1.97. The largest absolute Gasteiger partial charge is 0.308 e. The van der Waals surface area contributed by atoms with Gasteiger partial charge in [-0.2, -0.15) is 0 Å². The molecule has 2 rings (SSSR count). The van der Waals surface area contributed by atoms with Crippen molar-refractivity contribution in [3.8, 4) is 0 Å². The molecule has 4 unspecified atom stereocenters. The summed E-state index contributed by atoms with van der Waals surface area (Å²) < 4.78 is 0. The van der Waals surface area contributed by atoms with Crippen molar-refractivity contribution < 1.29 is 0 Å². The van der Waals surface area contributed by atoms with E-state index in [4.69, 9.17) is 0 Å². The van der Waals surface area contributed by atoms with E-state index in [1.165, 1.54) is 44.9 Å². The lowest BCUT2D eigenvalue weighted by molar-refractivity contribution is 0.583. The molecule has 0 aromatic carbocycles. The Kier molecular flexibility index (Phi) is 3.48. The van der Waals surface area contributed by atoms with Crippen LogP contribution in [0.4, 0.5) is 0 Å². The van der Waals surface area contributed by atoms with E-state index in [1.54, 1.807) is 0 Å². The Balaban J connectivity index is 1.52. The number of hydrogen-bond donors (Lipinski definition) is 1. The summed E-state index contributed by atoms with van der Waals surface area (Å²) in [6, 6.07) is 1.81. The zero-order chi connectivity index (χ0) is 9.97. The molecule has 82 valence electrons. The molecule has 1 N–H and O–H groups in total. The van der Waals surface area contributed by atoms with E-state index in [9.17, 15) is 0 Å². The van der Waals surface area contributed by atoms with E-state index in [0.717, 1.165) is 23.9 Å². The molecule has 1 saturated heterocycles. The molecule has 1 aliphatic carbocycles. The van der Waals surface area contributed by atoms with Crippen molar-refractivity contribution in [1.82, 2.24) is 5.32 Å². The standard InChI is InChI=1S/C13H25N/c1-3-5-7-12-13(14-12)9-11-8-10(11)6-4-2/h10-14H,3-9H2,1-2H3. The van der Waals surface area contributed by atoms with Crippen molar-refractivity contribution in [2.24, 2.45) is 11.8 Å². The molecular weight excluding hydrogens is 170 g/mol. The van der Waals surface area contributed by atoms with Crippen molar-refractivity contribution in [1.29, 1.82) is 0 Å². The highest BCUT2D eigenvalue weighted by Crippen LogP contribution is 2.46. The normalized spacial score (nSPS) is 39.9. The smallest absolute Gasteiger partial charge is 0.0227 e. The van der Waals surface area contributed by atoms with Gasteiger partial charge >= 0.3 is 0 Å². The van der Waals surface area contributed by atoms with Gasteiger partial charge in [-0.1, -0.05) is 39.5 Å². The third-order valence-electron chi connectivity index (χ3n) is 3.96. The summed E-state index contributed by atoms with van der Waals surface area (Å²) in [5.41, 5.74) is 0. The SMILES string of the molecule is CCCCC1NC1CC1CC1CCC. The van der Waals surface area contributed by atoms with Crippen LogP contribution in [-0.4, -0.2) is 12.1 Å². The van der Waals surface area contributed by atoms with Gasteiger partial charge in [-0.25, -0.2) is 0 Å². The first-order valence-electron chi connectivity index (χ1n) is 6.61. The lowest BCUT2D eigenvalue weighted by atomic mass is 10.1. The molecule has 2 aliphatic rings. The molecule has 1 aliphatic heterocycles. The summed E-state index contributed by atoms with van der Waals surface area (Å²) in [7, 11) is 0. The van der Waals surface area contributed by atoms with Crippen LogP contribution in [0.15, 0.2) is 0 Å². The summed E-state index contributed by atoms with van der Waals surface area (Å²) in [5.74, 6) is 2.20. The van der Waals surface area contributed by atoms with Gasteiger partial charge < -0.3 is 5.32 Å². The minimum Gasteiger partial charge on any atom is -0.308 e. The Morgan fingerprint density at radius 1 is 1.00 bits per heavy atom. The van der Waals surface area contributed by atoms with Crippen LogP contribution < -0.4 is 5.32 Å². The predicted molar refractivity (Wildman–Crippen MR) is 61.4 cm³/mol. The van der Waals surface area contributed by atoms with E-state index in [2.05, 4.69) is 19.2 Å². The molecule has 4 atom stereocenters. The second-order valence-corrected chi connectivity index (χ2v) is 5.30. The Morgan fingerprint density at radius 2 is 1.86 bits per heavy atom. The maximum Gasteiger partial charge on any atom is 0.0227 e. The first-order valence-corrected chi connectivity index (χ1v) is 6.61. The van der Waals surface area contributed by atoms with E-state index in [0.29, 0.717) is 0 Å². The van der Waals surface area contributed by atoms with Gasteiger partial charge in [0.2, 0.25) is 0 Å². The molecule has 1 heterocycles. The summed E-state index contributed by atoms with van der Waals surface area (Å²) in [6.45, 7) is 4.60. The molecule has 0 radical (unpaired) electrons. The number of unbranched alkanes of at least 4 members (excludes halogenated alkanes) is 1. The highest BCUT2D eigenvalue weighted by atomic mass is 15.1. The van der Waals surface area contributed by atoms with E-state index in [-0.39, 0.29) is 0 Å². The van der Waals surface area contributed by atoms with Crippen LogP contribution in [0, 0.1) is 11.8 Å². The monoisotopic (exact) mass is 195 g/mol. The zero-order valence-corrected chi connectivity index (χ0v) is 9.76. The molecule has 0 spiro atoms.